The van der Waals surface area contributed by atoms with Crippen LogP contribution in [-0.4, -0.2) is 32.0 Å². The Labute approximate surface area is 194 Å². The molecule has 0 atom stereocenters. The minimum absolute atomic E-state index is 0.156. The van der Waals surface area contributed by atoms with Crippen LogP contribution in [0.2, 0.25) is 0 Å². The molecule has 1 aliphatic rings. The quantitative estimate of drug-likeness (QED) is 0.458. The van der Waals surface area contributed by atoms with E-state index in [1.54, 1.807) is 18.2 Å². The van der Waals surface area contributed by atoms with Gasteiger partial charge >= 0.3 is 0 Å². The van der Waals surface area contributed by atoms with E-state index >= 15 is 0 Å². The number of fused-ring (bicyclic) bond motifs is 1. The lowest BCUT2D eigenvalue weighted by atomic mass is 9.95. The first-order valence-corrected chi connectivity index (χ1v) is 11.6. The number of anilines is 1. The molecule has 2 amide bonds. The van der Waals surface area contributed by atoms with Gasteiger partial charge in [-0.15, -0.1) is 16.4 Å². The van der Waals surface area contributed by atoms with Gasteiger partial charge in [0.2, 0.25) is 0 Å². The van der Waals surface area contributed by atoms with E-state index in [1.807, 2.05) is 36.4 Å². The topological polar surface area (TPSA) is 102 Å². The molecule has 2 aromatic heterocycles. The Hall–Kier alpha value is -3.85. The zero-order valence-corrected chi connectivity index (χ0v) is 18.6. The molecule has 4 aromatic rings. The maximum absolute atomic E-state index is 13.2. The number of nitrogens with zero attached hydrogens (tertiary/aromatic N) is 4. The number of amides is 2. The predicted octanol–water partition coefficient (Wildman–Crippen LogP) is 3.78. The van der Waals surface area contributed by atoms with Crippen molar-refractivity contribution in [1.29, 1.82) is 0 Å². The van der Waals surface area contributed by atoms with E-state index in [0.717, 1.165) is 36.8 Å². The summed E-state index contributed by atoms with van der Waals surface area (Å²) in [5.74, 6) is -0.434. The second kappa shape index (κ2) is 9.33. The van der Waals surface area contributed by atoms with Crippen LogP contribution in [0.1, 0.15) is 49.6 Å². The Morgan fingerprint density at radius 1 is 1.00 bits per heavy atom. The number of tetrazole rings is 1. The van der Waals surface area contributed by atoms with E-state index in [-0.39, 0.29) is 11.8 Å². The van der Waals surface area contributed by atoms with Crippen molar-refractivity contribution in [2.75, 3.05) is 5.32 Å². The minimum Gasteiger partial charge on any atom is -0.348 e. The van der Waals surface area contributed by atoms with Gasteiger partial charge < -0.3 is 10.6 Å². The molecule has 0 bridgehead atoms. The summed E-state index contributed by atoms with van der Waals surface area (Å²) in [6, 6.07) is 16.8. The van der Waals surface area contributed by atoms with Crippen molar-refractivity contribution in [3.8, 4) is 5.69 Å². The molecule has 0 fully saturated rings. The fourth-order valence-corrected chi connectivity index (χ4v) is 5.29. The summed E-state index contributed by atoms with van der Waals surface area (Å²) in [5.41, 5.74) is 3.83. The molecule has 8 nitrogen and oxygen atoms in total. The third-order valence-electron chi connectivity index (χ3n) is 5.64. The van der Waals surface area contributed by atoms with Crippen molar-refractivity contribution < 1.29 is 9.59 Å². The van der Waals surface area contributed by atoms with Crippen LogP contribution in [0.3, 0.4) is 0 Å². The van der Waals surface area contributed by atoms with E-state index in [4.69, 9.17) is 0 Å². The number of nitrogens with one attached hydrogen (secondary N) is 2. The zero-order valence-electron chi connectivity index (χ0n) is 17.8. The smallest absolute Gasteiger partial charge is 0.256 e. The average Bonchev–Trinajstić information content (AvgIpc) is 3.51. The summed E-state index contributed by atoms with van der Waals surface area (Å²) in [7, 11) is 0. The first kappa shape index (κ1) is 21.0. The fraction of sp³-hybridized carbons (Fsp3) is 0.208. The number of hydrogen-bond donors (Lipinski definition) is 2. The zero-order chi connectivity index (χ0) is 22.6. The fourth-order valence-electron chi connectivity index (χ4n) is 4.01. The van der Waals surface area contributed by atoms with Crippen LogP contribution in [0.4, 0.5) is 5.00 Å². The van der Waals surface area contributed by atoms with Crippen LogP contribution in [0, 0.1) is 0 Å². The van der Waals surface area contributed by atoms with Gasteiger partial charge in [0.05, 0.1) is 11.3 Å². The van der Waals surface area contributed by atoms with E-state index in [9.17, 15) is 9.59 Å². The van der Waals surface area contributed by atoms with Crippen LogP contribution in [0.15, 0.2) is 60.9 Å². The van der Waals surface area contributed by atoms with Crippen LogP contribution in [-0.2, 0) is 19.4 Å². The molecule has 0 saturated carbocycles. The molecule has 0 radical (unpaired) electrons. The molecule has 2 N–H and O–H groups in total. The van der Waals surface area contributed by atoms with Crippen molar-refractivity contribution in [2.24, 2.45) is 0 Å². The summed E-state index contributed by atoms with van der Waals surface area (Å²) in [4.78, 5) is 27.5. The van der Waals surface area contributed by atoms with Gasteiger partial charge in [0, 0.05) is 17.0 Å². The highest BCUT2D eigenvalue weighted by Crippen LogP contribution is 2.38. The van der Waals surface area contributed by atoms with Gasteiger partial charge in [0.25, 0.3) is 11.8 Å². The van der Waals surface area contributed by atoms with Crippen molar-refractivity contribution >= 4 is 28.2 Å². The highest BCUT2D eigenvalue weighted by Gasteiger charge is 2.26. The number of aryl methyl sites for hydroxylation is 1. The van der Waals surface area contributed by atoms with Gasteiger partial charge in [0.15, 0.2) is 0 Å². The Balaban J connectivity index is 1.40. The van der Waals surface area contributed by atoms with E-state index in [0.29, 0.717) is 28.4 Å². The first-order chi connectivity index (χ1) is 16.2. The minimum atomic E-state index is -0.277. The molecule has 166 valence electrons. The molecule has 0 spiro atoms. The lowest BCUT2D eigenvalue weighted by Crippen LogP contribution is -2.25. The van der Waals surface area contributed by atoms with E-state index in [2.05, 4.69) is 26.2 Å². The summed E-state index contributed by atoms with van der Waals surface area (Å²) in [6.45, 7) is 0.436. The van der Waals surface area contributed by atoms with Crippen LogP contribution >= 0.6 is 11.3 Å². The molecule has 33 heavy (non-hydrogen) atoms. The van der Waals surface area contributed by atoms with Crippen LogP contribution in [0.5, 0.6) is 0 Å². The first-order valence-electron chi connectivity index (χ1n) is 10.8. The van der Waals surface area contributed by atoms with E-state index in [1.165, 1.54) is 27.2 Å². The number of rotatable bonds is 6. The molecule has 5 rings (SSSR count). The van der Waals surface area contributed by atoms with Gasteiger partial charge in [0.1, 0.15) is 11.3 Å². The Kier molecular flexibility index (Phi) is 5.95. The number of thiophene rings is 1. The number of aromatic nitrogens is 4. The maximum atomic E-state index is 13.2. The Morgan fingerprint density at radius 3 is 2.67 bits per heavy atom. The largest absolute Gasteiger partial charge is 0.348 e. The normalized spacial score (nSPS) is 12.7. The number of benzene rings is 2. The second-order valence-corrected chi connectivity index (χ2v) is 8.95. The highest BCUT2D eigenvalue weighted by atomic mass is 32.1. The Morgan fingerprint density at radius 2 is 1.85 bits per heavy atom. The summed E-state index contributed by atoms with van der Waals surface area (Å²) < 4.78 is 1.49. The molecule has 2 aromatic carbocycles. The van der Waals surface area contributed by atoms with Crippen LogP contribution < -0.4 is 10.6 Å². The van der Waals surface area contributed by atoms with Gasteiger partial charge in [-0.25, -0.2) is 4.68 Å². The average molecular weight is 459 g/mol. The second-order valence-electron chi connectivity index (χ2n) is 7.84. The molecule has 2 heterocycles. The highest BCUT2D eigenvalue weighted by molar-refractivity contribution is 7.17. The molecule has 0 unspecified atom stereocenters. The maximum Gasteiger partial charge on any atom is 0.256 e. The van der Waals surface area contributed by atoms with Gasteiger partial charge in [-0.2, -0.15) is 0 Å². The number of carbonyl (C=O) groups excluding carboxylic acids is 2. The standard InChI is InChI=1S/C24H22N6O2S/c31-22(17-9-6-10-18(13-17)30-15-26-28-29-30)27-24-21(19-11-4-5-12-20(19)33-24)23(32)25-14-16-7-2-1-3-8-16/h1-3,6-10,13,15H,4-5,11-12,14H2,(H,25,32)(H,27,31). The molecule has 9 heteroatoms. The van der Waals surface area contributed by atoms with Crippen molar-refractivity contribution in [3.05, 3.63) is 88.1 Å². The van der Waals surface area contributed by atoms with Gasteiger partial charge in [-0.1, -0.05) is 36.4 Å². The van der Waals surface area contributed by atoms with Crippen molar-refractivity contribution in [3.63, 3.8) is 0 Å². The molecular weight excluding hydrogens is 436 g/mol. The molecule has 1 aliphatic carbocycles. The van der Waals surface area contributed by atoms with Gasteiger partial charge in [-0.3, -0.25) is 9.59 Å². The SMILES string of the molecule is O=C(Nc1sc2c(c1C(=O)NCc1ccccc1)CCCC2)c1cccc(-n2cnnn2)c1. The van der Waals surface area contributed by atoms with Crippen molar-refractivity contribution in [1.82, 2.24) is 25.5 Å². The third-order valence-corrected chi connectivity index (χ3v) is 6.85. The number of hydrogen-bond acceptors (Lipinski definition) is 6. The molecular formula is C24H22N6O2S. The van der Waals surface area contributed by atoms with Crippen molar-refractivity contribution in [2.45, 2.75) is 32.2 Å². The molecule has 0 aliphatic heterocycles. The molecule has 0 saturated heterocycles. The summed E-state index contributed by atoms with van der Waals surface area (Å²) in [5, 5.41) is 17.8. The number of carbonyl (C=O) groups is 2. The van der Waals surface area contributed by atoms with Crippen LogP contribution in [0.25, 0.3) is 5.69 Å². The summed E-state index contributed by atoms with van der Waals surface area (Å²) in [6.07, 6.45) is 5.40. The summed E-state index contributed by atoms with van der Waals surface area (Å²) >= 11 is 1.51. The van der Waals surface area contributed by atoms with E-state index < -0.39 is 0 Å². The van der Waals surface area contributed by atoms with Gasteiger partial charge in [-0.05, 0) is 65.4 Å². The predicted molar refractivity (Wildman–Crippen MR) is 126 cm³/mol. The monoisotopic (exact) mass is 458 g/mol. The third kappa shape index (κ3) is 4.54. The lowest BCUT2D eigenvalue weighted by Gasteiger charge is -2.13. The Bertz CT molecular complexity index is 1280. The lowest BCUT2D eigenvalue weighted by molar-refractivity contribution is 0.0951.